The molecule has 84 valence electrons. The lowest BCUT2D eigenvalue weighted by Crippen LogP contribution is -3.00. The molecule has 1 aromatic carbocycles. The van der Waals surface area contributed by atoms with Gasteiger partial charge in [-0.2, -0.15) is 4.57 Å². The number of aromatic nitrogens is 1. The van der Waals surface area contributed by atoms with Crippen molar-refractivity contribution in [3.63, 3.8) is 0 Å². The average molecular weight is 363 g/mol. The lowest BCUT2D eigenvalue weighted by atomic mass is 10.2. The number of pyridine rings is 1. The number of benzene rings is 1. The van der Waals surface area contributed by atoms with E-state index in [1.165, 1.54) is 5.56 Å². The van der Waals surface area contributed by atoms with E-state index in [-0.39, 0.29) is 17.0 Å². The summed E-state index contributed by atoms with van der Waals surface area (Å²) in [6, 6.07) is 14.0. The quantitative estimate of drug-likeness (QED) is 0.539. The van der Waals surface area contributed by atoms with E-state index in [2.05, 4.69) is 28.1 Å². The van der Waals surface area contributed by atoms with E-state index in [4.69, 9.17) is 11.6 Å². The number of halogens is 3. The van der Waals surface area contributed by atoms with Crippen LogP contribution in [0.25, 0.3) is 0 Å². The molecule has 0 saturated heterocycles. The molecule has 0 radical (unpaired) electrons. The zero-order chi connectivity index (χ0) is 10.7. The van der Waals surface area contributed by atoms with Gasteiger partial charge in [0.15, 0.2) is 12.7 Å². The highest BCUT2D eigenvalue weighted by atomic mass is 79.9. The molecule has 0 aliphatic heterocycles. The minimum absolute atomic E-state index is 0. The van der Waals surface area contributed by atoms with Crippen LogP contribution < -0.4 is 21.5 Å². The maximum atomic E-state index is 6.06. The van der Waals surface area contributed by atoms with Gasteiger partial charge in [0, 0.05) is 22.2 Å². The third-order valence-corrected chi connectivity index (χ3v) is 3.02. The van der Waals surface area contributed by atoms with Gasteiger partial charge in [-0.15, -0.1) is 0 Å². The van der Waals surface area contributed by atoms with Gasteiger partial charge < -0.3 is 17.0 Å². The van der Waals surface area contributed by atoms with E-state index in [1.807, 2.05) is 41.1 Å². The Labute approximate surface area is 119 Å². The molecular weight excluding hydrogens is 353 g/mol. The Balaban J connectivity index is 0.00000128. The smallest absolute Gasteiger partial charge is 0.275 e. The van der Waals surface area contributed by atoms with Gasteiger partial charge in [0.2, 0.25) is 0 Å². The first-order valence-corrected chi connectivity index (χ1v) is 5.81. The van der Waals surface area contributed by atoms with E-state index in [0.29, 0.717) is 0 Å². The molecule has 1 aromatic heterocycles. The van der Waals surface area contributed by atoms with Gasteiger partial charge in [0.25, 0.3) is 5.15 Å². The normalized spacial score (nSPS) is 9.62. The fraction of sp³-hybridized carbons (Fsp3) is 0.0833. The van der Waals surface area contributed by atoms with Crippen molar-refractivity contribution in [1.29, 1.82) is 0 Å². The third kappa shape index (κ3) is 3.58. The molecule has 0 aliphatic carbocycles. The van der Waals surface area contributed by atoms with Crippen LogP contribution in [-0.2, 0) is 6.54 Å². The van der Waals surface area contributed by atoms with Gasteiger partial charge in [-0.3, -0.25) is 0 Å². The van der Waals surface area contributed by atoms with Crippen LogP contribution in [0.1, 0.15) is 5.56 Å². The van der Waals surface area contributed by atoms with Gasteiger partial charge >= 0.3 is 0 Å². The molecule has 0 amide bonds. The summed E-state index contributed by atoms with van der Waals surface area (Å²) in [5.41, 5.74) is 1.23. The summed E-state index contributed by atoms with van der Waals surface area (Å²) in [5.74, 6) is 0. The number of nitrogens with zero attached hydrogens (tertiary/aromatic N) is 1. The second-order valence-electron chi connectivity index (χ2n) is 3.28. The Bertz CT molecular complexity index is 457. The Hall–Kier alpha value is -0.380. The SMILES string of the molecule is Clc1cccc[n+]1Cc1ccc(Br)cc1.[Br-]. The Morgan fingerprint density at radius 3 is 2.38 bits per heavy atom. The van der Waals surface area contributed by atoms with E-state index in [9.17, 15) is 0 Å². The molecule has 0 atom stereocenters. The van der Waals surface area contributed by atoms with Crippen LogP contribution in [-0.4, -0.2) is 0 Å². The molecule has 0 saturated carbocycles. The average Bonchev–Trinajstić information content (AvgIpc) is 2.25. The summed E-state index contributed by atoms with van der Waals surface area (Å²) in [5, 5.41) is 0.750. The maximum absolute atomic E-state index is 6.06. The van der Waals surface area contributed by atoms with Crippen molar-refractivity contribution in [3.05, 3.63) is 63.9 Å². The topological polar surface area (TPSA) is 3.88 Å². The van der Waals surface area contributed by atoms with Crippen molar-refractivity contribution < 1.29 is 21.5 Å². The third-order valence-electron chi connectivity index (χ3n) is 2.15. The number of hydrogen-bond acceptors (Lipinski definition) is 0. The van der Waals surface area contributed by atoms with E-state index in [1.54, 1.807) is 0 Å². The summed E-state index contributed by atoms with van der Waals surface area (Å²) in [6.45, 7) is 0.799. The van der Waals surface area contributed by atoms with Crippen molar-refractivity contribution in [2.75, 3.05) is 0 Å². The highest BCUT2D eigenvalue weighted by molar-refractivity contribution is 9.10. The van der Waals surface area contributed by atoms with Crippen LogP contribution in [0, 0.1) is 0 Å². The Kier molecular flexibility index (Phi) is 5.46. The van der Waals surface area contributed by atoms with Gasteiger partial charge in [-0.1, -0.05) is 28.1 Å². The molecule has 0 spiro atoms. The molecule has 0 N–H and O–H groups in total. The highest BCUT2D eigenvalue weighted by Gasteiger charge is 2.06. The molecule has 0 fully saturated rings. The van der Waals surface area contributed by atoms with E-state index < -0.39 is 0 Å². The predicted octanol–water partition coefficient (Wildman–Crippen LogP) is 0.442. The van der Waals surface area contributed by atoms with Crippen molar-refractivity contribution in [2.45, 2.75) is 6.54 Å². The lowest BCUT2D eigenvalue weighted by molar-refractivity contribution is -0.686. The minimum atomic E-state index is 0. The van der Waals surface area contributed by atoms with Crippen molar-refractivity contribution in [3.8, 4) is 0 Å². The summed E-state index contributed by atoms with van der Waals surface area (Å²) in [7, 11) is 0. The van der Waals surface area contributed by atoms with E-state index >= 15 is 0 Å². The lowest BCUT2D eigenvalue weighted by Gasteiger charge is -1.99. The fourth-order valence-electron chi connectivity index (χ4n) is 1.37. The van der Waals surface area contributed by atoms with Crippen LogP contribution in [0.4, 0.5) is 0 Å². The number of hydrogen-bond donors (Lipinski definition) is 0. The van der Waals surface area contributed by atoms with Gasteiger partial charge in [-0.25, -0.2) is 0 Å². The van der Waals surface area contributed by atoms with Crippen LogP contribution in [0.5, 0.6) is 0 Å². The molecule has 2 aromatic rings. The molecule has 0 bridgehead atoms. The molecule has 4 heteroatoms. The minimum Gasteiger partial charge on any atom is -1.00 e. The molecule has 2 rings (SSSR count). The Morgan fingerprint density at radius 2 is 1.75 bits per heavy atom. The highest BCUT2D eigenvalue weighted by Crippen LogP contribution is 2.10. The first kappa shape index (κ1) is 13.7. The van der Waals surface area contributed by atoms with Gasteiger partial charge in [0.1, 0.15) is 0 Å². The van der Waals surface area contributed by atoms with Gasteiger partial charge in [-0.05, 0) is 29.8 Å². The summed E-state index contributed by atoms with van der Waals surface area (Å²) in [6.07, 6.45) is 1.98. The van der Waals surface area contributed by atoms with Crippen LogP contribution in [0.3, 0.4) is 0 Å². The predicted molar refractivity (Wildman–Crippen MR) is 64.9 cm³/mol. The van der Waals surface area contributed by atoms with Crippen LogP contribution in [0.2, 0.25) is 5.15 Å². The molecule has 1 heterocycles. The molecule has 0 unspecified atom stereocenters. The van der Waals surface area contributed by atoms with E-state index in [0.717, 1.165) is 16.2 Å². The molecular formula is C12H10Br2ClN. The first-order chi connectivity index (χ1) is 7.25. The largest absolute Gasteiger partial charge is 1.00 e. The fourth-order valence-corrected chi connectivity index (χ4v) is 1.82. The van der Waals surface area contributed by atoms with Crippen LogP contribution >= 0.6 is 27.5 Å². The number of rotatable bonds is 2. The summed E-state index contributed by atoms with van der Waals surface area (Å²) < 4.78 is 3.10. The summed E-state index contributed by atoms with van der Waals surface area (Å²) in [4.78, 5) is 0. The van der Waals surface area contributed by atoms with Crippen molar-refractivity contribution >= 4 is 27.5 Å². The standard InChI is InChI=1S/C12H10BrClN.BrH/c13-11-6-4-10(5-7-11)9-15-8-2-1-3-12(15)14;/h1-8H,9H2;1H/q+1;/p-1. The second-order valence-corrected chi connectivity index (χ2v) is 4.58. The Morgan fingerprint density at radius 1 is 1.06 bits per heavy atom. The molecule has 16 heavy (non-hydrogen) atoms. The zero-order valence-corrected chi connectivity index (χ0v) is 12.3. The van der Waals surface area contributed by atoms with Crippen LogP contribution in [0.15, 0.2) is 53.1 Å². The van der Waals surface area contributed by atoms with Crippen molar-refractivity contribution in [2.24, 2.45) is 0 Å². The maximum Gasteiger partial charge on any atom is 0.275 e. The summed E-state index contributed by atoms with van der Waals surface area (Å²) >= 11 is 9.47. The molecule has 0 aliphatic rings. The van der Waals surface area contributed by atoms with Gasteiger partial charge in [0.05, 0.1) is 0 Å². The zero-order valence-electron chi connectivity index (χ0n) is 8.41. The second kappa shape index (κ2) is 6.38. The van der Waals surface area contributed by atoms with Crippen molar-refractivity contribution in [1.82, 2.24) is 0 Å². The molecule has 1 nitrogen and oxygen atoms in total. The monoisotopic (exact) mass is 361 g/mol. The first-order valence-electron chi connectivity index (χ1n) is 4.64.